The van der Waals surface area contributed by atoms with Crippen molar-refractivity contribution < 1.29 is 9.90 Å². The molecule has 0 aromatic heterocycles. The van der Waals surface area contributed by atoms with Gasteiger partial charge in [-0.25, -0.2) is 0 Å². The third-order valence-corrected chi connectivity index (χ3v) is 2.12. The highest BCUT2D eigenvalue weighted by molar-refractivity contribution is 5.75. The fraction of sp³-hybridized carbons (Fsp3) is 0.900. The first kappa shape index (κ1) is 13.4. The molecule has 0 rings (SSSR count). The van der Waals surface area contributed by atoms with Gasteiger partial charge in [0.1, 0.15) is 0 Å². The van der Waals surface area contributed by atoms with E-state index in [-0.39, 0.29) is 5.91 Å². The first-order valence-corrected chi connectivity index (χ1v) is 5.21. The number of amides is 1. The second kappa shape index (κ2) is 7.76. The molecule has 1 amide bonds. The van der Waals surface area contributed by atoms with Gasteiger partial charge in [-0.05, 0) is 32.2 Å². The zero-order valence-corrected chi connectivity index (χ0v) is 9.12. The minimum Gasteiger partial charge on any atom is -0.392 e. The van der Waals surface area contributed by atoms with Gasteiger partial charge in [-0.2, -0.15) is 0 Å². The number of aliphatic hydroxyl groups excluding tert-OH is 1. The summed E-state index contributed by atoms with van der Waals surface area (Å²) in [4.78, 5) is 11.2. The maximum Gasteiger partial charge on any atom is 0.220 e. The second-order valence-corrected chi connectivity index (χ2v) is 3.87. The molecule has 0 spiro atoms. The molecule has 14 heavy (non-hydrogen) atoms. The molecule has 1 unspecified atom stereocenters. The minimum absolute atomic E-state index is 0.00905. The number of hydrogen-bond acceptors (Lipinski definition) is 3. The lowest BCUT2D eigenvalue weighted by atomic mass is 10.0. The summed E-state index contributed by atoms with van der Waals surface area (Å²) >= 11 is 0. The van der Waals surface area contributed by atoms with Crippen LogP contribution in [0.25, 0.3) is 0 Å². The van der Waals surface area contributed by atoms with Gasteiger partial charge in [0.25, 0.3) is 0 Å². The van der Waals surface area contributed by atoms with Crippen LogP contribution in [0.2, 0.25) is 0 Å². The van der Waals surface area contributed by atoms with Crippen LogP contribution in [0.3, 0.4) is 0 Å². The van der Waals surface area contributed by atoms with Crippen molar-refractivity contribution in [2.45, 2.75) is 39.2 Å². The summed E-state index contributed by atoms with van der Waals surface area (Å²) in [5.41, 5.74) is 5.40. The monoisotopic (exact) mass is 202 g/mol. The molecule has 0 heterocycles. The number of nitrogens with one attached hydrogen (secondary N) is 1. The Morgan fingerprint density at radius 1 is 1.43 bits per heavy atom. The lowest BCUT2D eigenvalue weighted by molar-refractivity contribution is -0.121. The highest BCUT2D eigenvalue weighted by atomic mass is 16.3. The fourth-order valence-corrected chi connectivity index (χ4v) is 1.16. The van der Waals surface area contributed by atoms with E-state index >= 15 is 0 Å². The largest absolute Gasteiger partial charge is 0.392 e. The molecule has 0 aromatic rings. The molecule has 0 saturated carbocycles. The van der Waals surface area contributed by atoms with E-state index < -0.39 is 6.10 Å². The van der Waals surface area contributed by atoms with Crippen molar-refractivity contribution in [1.29, 1.82) is 0 Å². The Balaban J connectivity index is 3.43. The molecule has 0 aliphatic carbocycles. The molecule has 4 nitrogen and oxygen atoms in total. The van der Waals surface area contributed by atoms with Crippen molar-refractivity contribution in [2.75, 3.05) is 13.1 Å². The van der Waals surface area contributed by atoms with Crippen molar-refractivity contribution in [1.82, 2.24) is 5.32 Å². The standard InChI is InChI=1S/C10H22N2O2/c1-8(5-6-11)3-4-10(14)12-7-9(2)13/h8-9,13H,3-7,11H2,1-2H3,(H,12,14)/t8?,9-/m1/s1. The van der Waals surface area contributed by atoms with E-state index in [0.717, 1.165) is 12.8 Å². The summed E-state index contributed by atoms with van der Waals surface area (Å²) in [6, 6.07) is 0. The highest BCUT2D eigenvalue weighted by Gasteiger charge is 2.06. The van der Waals surface area contributed by atoms with Crippen molar-refractivity contribution in [3.63, 3.8) is 0 Å². The molecule has 0 aliphatic rings. The number of hydrogen-bond donors (Lipinski definition) is 3. The van der Waals surface area contributed by atoms with Crippen LogP contribution in [0.15, 0.2) is 0 Å². The van der Waals surface area contributed by atoms with Crippen LogP contribution in [0, 0.1) is 5.92 Å². The fourth-order valence-electron chi connectivity index (χ4n) is 1.16. The van der Waals surface area contributed by atoms with Crippen molar-refractivity contribution >= 4 is 5.91 Å². The van der Waals surface area contributed by atoms with Crippen LogP contribution in [0.4, 0.5) is 0 Å². The third-order valence-electron chi connectivity index (χ3n) is 2.12. The number of carbonyl (C=O) groups is 1. The molecule has 0 aliphatic heterocycles. The van der Waals surface area contributed by atoms with E-state index in [2.05, 4.69) is 12.2 Å². The normalized spacial score (nSPS) is 14.9. The Morgan fingerprint density at radius 2 is 2.07 bits per heavy atom. The second-order valence-electron chi connectivity index (χ2n) is 3.87. The lowest BCUT2D eigenvalue weighted by Crippen LogP contribution is -2.30. The average molecular weight is 202 g/mol. The zero-order valence-electron chi connectivity index (χ0n) is 9.12. The third kappa shape index (κ3) is 8.01. The van der Waals surface area contributed by atoms with Crippen LogP contribution < -0.4 is 11.1 Å². The quantitative estimate of drug-likeness (QED) is 0.554. The topological polar surface area (TPSA) is 75.4 Å². The predicted molar refractivity (Wildman–Crippen MR) is 56.8 cm³/mol. The number of carbonyl (C=O) groups excluding carboxylic acids is 1. The van der Waals surface area contributed by atoms with Gasteiger partial charge in [-0.15, -0.1) is 0 Å². The zero-order chi connectivity index (χ0) is 11.0. The summed E-state index contributed by atoms with van der Waals surface area (Å²) in [7, 11) is 0. The van der Waals surface area contributed by atoms with Gasteiger partial charge < -0.3 is 16.2 Å². The average Bonchev–Trinajstić information content (AvgIpc) is 2.12. The molecular formula is C10H22N2O2. The van der Waals surface area contributed by atoms with Gasteiger partial charge in [0.15, 0.2) is 0 Å². The van der Waals surface area contributed by atoms with Crippen LogP contribution in [-0.4, -0.2) is 30.2 Å². The summed E-state index contributed by atoms with van der Waals surface area (Å²) in [6.45, 7) is 4.76. The van der Waals surface area contributed by atoms with Crippen molar-refractivity contribution in [3.05, 3.63) is 0 Å². The molecule has 2 atom stereocenters. The molecule has 0 radical (unpaired) electrons. The van der Waals surface area contributed by atoms with Gasteiger partial charge in [-0.1, -0.05) is 6.92 Å². The SMILES string of the molecule is CC(CCN)CCC(=O)NC[C@@H](C)O. The van der Waals surface area contributed by atoms with E-state index in [1.807, 2.05) is 0 Å². The highest BCUT2D eigenvalue weighted by Crippen LogP contribution is 2.08. The number of aliphatic hydroxyl groups is 1. The Morgan fingerprint density at radius 3 is 2.57 bits per heavy atom. The molecule has 0 aromatic carbocycles. The maximum absolute atomic E-state index is 11.2. The Hall–Kier alpha value is -0.610. The number of nitrogens with two attached hydrogens (primary N) is 1. The molecule has 0 bridgehead atoms. The molecule has 4 N–H and O–H groups in total. The molecule has 4 heteroatoms. The van der Waals surface area contributed by atoms with Crippen LogP contribution in [-0.2, 0) is 4.79 Å². The van der Waals surface area contributed by atoms with E-state index in [9.17, 15) is 4.79 Å². The van der Waals surface area contributed by atoms with Gasteiger partial charge >= 0.3 is 0 Å². The summed E-state index contributed by atoms with van der Waals surface area (Å²) in [5, 5.41) is 11.6. The van der Waals surface area contributed by atoms with Crippen LogP contribution in [0.5, 0.6) is 0 Å². The van der Waals surface area contributed by atoms with E-state index in [4.69, 9.17) is 10.8 Å². The molecule has 84 valence electrons. The van der Waals surface area contributed by atoms with Crippen LogP contribution >= 0.6 is 0 Å². The van der Waals surface area contributed by atoms with Crippen LogP contribution in [0.1, 0.15) is 33.1 Å². The Bertz CT molecular complexity index is 160. The molecule has 0 fully saturated rings. The molecular weight excluding hydrogens is 180 g/mol. The minimum atomic E-state index is -0.472. The van der Waals surface area contributed by atoms with E-state index in [1.165, 1.54) is 0 Å². The first-order chi connectivity index (χ1) is 6.56. The lowest BCUT2D eigenvalue weighted by Gasteiger charge is -2.10. The molecule has 0 saturated heterocycles. The smallest absolute Gasteiger partial charge is 0.220 e. The van der Waals surface area contributed by atoms with E-state index in [1.54, 1.807) is 6.92 Å². The Labute approximate surface area is 85.9 Å². The van der Waals surface area contributed by atoms with Gasteiger partial charge in [-0.3, -0.25) is 4.79 Å². The Kier molecular flexibility index (Phi) is 7.42. The van der Waals surface area contributed by atoms with Gasteiger partial charge in [0.05, 0.1) is 6.10 Å². The van der Waals surface area contributed by atoms with Gasteiger partial charge in [0, 0.05) is 13.0 Å². The predicted octanol–water partition coefficient (Wildman–Crippen LogP) is 0.249. The van der Waals surface area contributed by atoms with Gasteiger partial charge in [0.2, 0.25) is 5.91 Å². The summed E-state index contributed by atoms with van der Waals surface area (Å²) in [6.07, 6.45) is 1.88. The first-order valence-electron chi connectivity index (χ1n) is 5.21. The maximum atomic E-state index is 11.2. The van der Waals surface area contributed by atoms with Crippen molar-refractivity contribution in [3.8, 4) is 0 Å². The summed E-state index contributed by atoms with van der Waals surface area (Å²) in [5.74, 6) is 0.507. The van der Waals surface area contributed by atoms with Crippen molar-refractivity contribution in [2.24, 2.45) is 11.7 Å². The number of rotatable bonds is 7. The van der Waals surface area contributed by atoms with E-state index in [0.29, 0.717) is 25.4 Å². The summed E-state index contributed by atoms with van der Waals surface area (Å²) < 4.78 is 0.